The van der Waals surface area contributed by atoms with Crippen molar-refractivity contribution in [3.05, 3.63) is 16.6 Å². The van der Waals surface area contributed by atoms with Crippen LogP contribution in [0.2, 0.25) is 0 Å². The van der Waals surface area contributed by atoms with Gasteiger partial charge >= 0.3 is 0 Å². The number of aryl methyl sites for hydroxylation is 2. The topological polar surface area (TPSA) is 58.4 Å². The zero-order valence-corrected chi connectivity index (χ0v) is 12.3. The van der Waals surface area contributed by atoms with E-state index in [9.17, 15) is 4.79 Å². The van der Waals surface area contributed by atoms with Crippen molar-refractivity contribution in [2.24, 2.45) is 7.05 Å². The van der Waals surface area contributed by atoms with E-state index < -0.39 is 0 Å². The number of nitrogens with zero attached hydrogens (tertiary/aromatic N) is 3. The lowest BCUT2D eigenvalue weighted by Crippen LogP contribution is -2.31. The SMILES string of the molecule is CCN(CCCO)C(=O)c1cc2c(C)nn(C)c2s1. The highest BCUT2D eigenvalue weighted by atomic mass is 32.1. The summed E-state index contributed by atoms with van der Waals surface area (Å²) in [5.74, 6) is 0.0385. The summed E-state index contributed by atoms with van der Waals surface area (Å²) < 4.78 is 1.82. The van der Waals surface area contributed by atoms with Gasteiger partial charge in [0.25, 0.3) is 5.91 Å². The van der Waals surface area contributed by atoms with Gasteiger partial charge in [0.05, 0.1) is 10.6 Å². The summed E-state index contributed by atoms with van der Waals surface area (Å²) in [7, 11) is 1.89. The smallest absolute Gasteiger partial charge is 0.264 e. The predicted octanol–water partition coefficient (Wildman–Crippen LogP) is 1.79. The van der Waals surface area contributed by atoms with E-state index in [2.05, 4.69) is 5.10 Å². The summed E-state index contributed by atoms with van der Waals surface area (Å²) in [6, 6.07) is 1.92. The molecule has 0 bridgehead atoms. The third kappa shape index (κ3) is 2.64. The van der Waals surface area contributed by atoms with Gasteiger partial charge in [-0.15, -0.1) is 11.3 Å². The van der Waals surface area contributed by atoms with Crippen molar-refractivity contribution in [3.8, 4) is 0 Å². The number of carbonyl (C=O) groups is 1. The summed E-state index contributed by atoms with van der Waals surface area (Å²) >= 11 is 1.48. The van der Waals surface area contributed by atoms with Crippen LogP contribution in [0.1, 0.15) is 28.7 Å². The minimum absolute atomic E-state index is 0.0385. The van der Waals surface area contributed by atoms with E-state index >= 15 is 0 Å². The maximum atomic E-state index is 12.4. The van der Waals surface area contributed by atoms with Gasteiger partial charge in [0.2, 0.25) is 0 Å². The van der Waals surface area contributed by atoms with Crippen LogP contribution in [0.5, 0.6) is 0 Å². The number of hydrogen-bond donors (Lipinski definition) is 1. The lowest BCUT2D eigenvalue weighted by Gasteiger charge is -2.19. The monoisotopic (exact) mass is 281 g/mol. The maximum Gasteiger partial charge on any atom is 0.264 e. The summed E-state index contributed by atoms with van der Waals surface area (Å²) in [6.07, 6.45) is 0.616. The van der Waals surface area contributed by atoms with Crippen LogP contribution in [0.4, 0.5) is 0 Å². The largest absolute Gasteiger partial charge is 0.396 e. The van der Waals surface area contributed by atoms with Crippen molar-refractivity contribution in [2.45, 2.75) is 20.3 Å². The Morgan fingerprint density at radius 3 is 2.89 bits per heavy atom. The van der Waals surface area contributed by atoms with Crippen LogP contribution in [0, 0.1) is 6.92 Å². The first-order valence-electron chi connectivity index (χ1n) is 6.41. The number of aliphatic hydroxyl groups excluding tert-OH is 1. The van der Waals surface area contributed by atoms with Crippen molar-refractivity contribution < 1.29 is 9.90 Å². The standard InChI is InChI=1S/C13H19N3O2S/c1-4-16(6-5-7-17)12(18)11-8-10-9(2)14-15(3)13(10)19-11/h8,17H,4-7H2,1-3H3. The molecule has 0 aliphatic carbocycles. The molecule has 1 amide bonds. The molecule has 5 nitrogen and oxygen atoms in total. The molecule has 1 N–H and O–H groups in total. The molecule has 2 aromatic rings. The number of aromatic nitrogens is 2. The van der Waals surface area contributed by atoms with Gasteiger partial charge in [-0.1, -0.05) is 0 Å². The predicted molar refractivity (Wildman–Crippen MR) is 76.6 cm³/mol. The number of fused-ring (bicyclic) bond motifs is 1. The first-order valence-corrected chi connectivity index (χ1v) is 7.23. The van der Waals surface area contributed by atoms with Crippen LogP contribution in [-0.4, -0.2) is 45.4 Å². The van der Waals surface area contributed by atoms with Crippen LogP contribution in [-0.2, 0) is 7.05 Å². The summed E-state index contributed by atoms with van der Waals surface area (Å²) in [4.78, 5) is 15.9. The van der Waals surface area contributed by atoms with E-state index in [4.69, 9.17) is 5.11 Å². The Morgan fingerprint density at radius 2 is 2.32 bits per heavy atom. The molecule has 0 aliphatic rings. The average molecular weight is 281 g/mol. The van der Waals surface area contributed by atoms with E-state index in [1.165, 1.54) is 11.3 Å². The van der Waals surface area contributed by atoms with Crippen molar-refractivity contribution in [1.82, 2.24) is 14.7 Å². The molecule has 0 saturated heterocycles. The zero-order valence-electron chi connectivity index (χ0n) is 11.5. The van der Waals surface area contributed by atoms with Crippen molar-refractivity contribution in [1.29, 1.82) is 0 Å². The molecule has 0 saturated carbocycles. The fourth-order valence-corrected chi connectivity index (χ4v) is 3.22. The maximum absolute atomic E-state index is 12.4. The van der Waals surface area contributed by atoms with Crippen LogP contribution in [0.3, 0.4) is 0 Å². The molecule has 0 aliphatic heterocycles. The van der Waals surface area contributed by atoms with Gasteiger partial charge in [0, 0.05) is 32.1 Å². The first-order chi connectivity index (χ1) is 9.08. The molecule has 0 atom stereocenters. The Balaban J connectivity index is 2.27. The number of amides is 1. The number of aliphatic hydroxyl groups is 1. The Morgan fingerprint density at radius 1 is 1.58 bits per heavy atom. The van der Waals surface area contributed by atoms with Gasteiger partial charge in [0.1, 0.15) is 4.83 Å². The van der Waals surface area contributed by atoms with Crippen LogP contribution >= 0.6 is 11.3 Å². The molecule has 2 rings (SSSR count). The Labute approximate surface area is 116 Å². The molecular weight excluding hydrogens is 262 g/mol. The quantitative estimate of drug-likeness (QED) is 0.909. The molecule has 2 aromatic heterocycles. The minimum atomic E-state index is 0.0385. The number of carbonyl (C=O) groups excluding carboxylic acids is 1. The molecule has 6 heteroatoms. The van der Waals surface area contributed by atoms with Crippen LogP contribution < -0.4 is 0 Å². The minimum Gasteiger partial charge on any atom is -0.396 e. The second-order valence-corrected chi connectivity index (χ2v) is 5.53. The zero-order chi connectivity index (χ0) is 14.0. The summed E-state index contributed by atoms with van der Waals surface area (Å²) in [5, 5.41) is 14.3. The molecule has 2 heterocycles. The Hall–Kier alpha value is -1.40. The highest BCUT2D eigenvalue weighted by Gasteiger charge is 2.19. The van der Waals surface area contributed by atoms with Gasteiger partial charge in [-0.2, -0.15) is 5.10 Å². The fourth-order valence-electron chi connectivity index (χ4n) is 2.13. The van der Waals surface area contributed by atoms with Gasteiger partial charge in [-0.05, 0) is 26.3 Å². The number of rotatable bonds is 5. The number of hydrogen-bond acceptors (Lipinski definition) is 4. The van der Waals surface area contributed by atoms with E-state index in [0.29, 0.717) is 19.5 Å². The second-order valence-electron chi connectivity index (χ2n) is 4.50. The molecule has 0 fully saturated rings. The van der Waals surface area contributed by atoms with Gasteiger partial charge in [0.15, 0.2) is 0 Å². The molecule has 0 unspecified atom stereocenters. The molecule has 19 heavy (non-hydrogen) atoms. The Bertz CT molecular complexity index is 553. The molecule has 0 radical (unpaired) electrons. The normalized spacial score (nSPS) is 11.2. The first kappa shape index (κ1) is 14.0. The number of thiophene rings is 1. The molecule has 104 valence electrons. The van der Waals surface area contributed by atoms with E-state index in [1.807, 2.05) is 31.6 Å². The Kier molecular flexibility index (Phi) is 4.21. The van der Waals surface area contributed by atoms with Gasteiger partial charge in [-0.25, -0.2) is 0 Å². The molecular formula is C13H19N3O2S. The van der Waals surface area contributed by atoms with E-state index in [0.717, 1.165) is 20.8 Å². The summed E-state index contributed by atoms with van der Waals surface area (Å²) in [5.41, 5.74) is 0.950. The molecule has 0 spiro atoms. The fraction of sp³-hybridized carbons (Fsp3) is 0.538. The van der Waals surface area contributed by atoms with Crippen molar-refractivity contribution in [2.75, 3.05) is 19.7 Å². The van der Waals surface area contributed by atoms with E-state index in [1.54, 1.807) is 4.90 Å². The summed E-state index contributed by atoms with van der Waals surface area (Å²) in [6.45, 7) is 5.27. The lowest BCUT2D eigenvalue weighted by atomic mass is 10.3. The van der Waals surface area contributed by atoms with Crippen molar-refractivity contribution >= 4 is 27.5 Å². The highest BCUT2D eigenvalue weighted by Crippen LogP contribution is 2.28. The van der Waals surface area contributed by atoms with Crippen LogP contribution in [0.25, 0.3) is 10.2 Å². The van der Waals surface area contributed by atoms with Gasteiger partial charge < -0.3 is 10.0 Å². The molecule has 0 aromatic carbocycles. The third-order valence-corrected chi connectivity index (χ3v) is 4.35. The lowest BCUT2D eigenvalue weighted by molar-refractivity contribution is 0.0759. The van der Waals surface area contributed by atoms with Crippen LogP contribution in [0.15, 0.2) is 6.07 Å². The second kappa shape index (κ2) is 5.71. The average Bonchev–Trinajstić information content (AvgIpc) is 2.93. The van der Waals surface area contributed by atoms with E-state index in [-0.39, 0.29) is 12.5 Å². The van der Waals surface area contributed by atoms with Crippen molar-refractivity contribution in [3.63, 3.8) is 0 Å². The van der Waals surface area contributed by atoms with Gasteiger partial charge in [-0.3, -0.25) is 9.48 Å². The highest BCUT2D eigenvalue weighted by molar-refractivity contribution is 7.20. The third-order valence-electron chi connectivity index (χ3n) is 3.16.